The van der Waals surface area contributed by atoms with Crippen molar-refractivity contribution in [2.45, 2.75) is 11.0 Å². The average molecular weight is 519 g/mol. The topological polar surface area (TPSA) is 94.2 Å². The van der Waals surface area contributed by atoms with Crippen LogP contribution in [0.2, 0.25) is 0 Å². The summed E-state index contributed by atoms with van der Waals surface area (Å²) in [5, 5.41) is 4.86. The first-order valence-corrected chi connectivity index (χ1v) is 13.2. The van der Waals surface area contributed by atoms with Crippen molar-refractivity contribution in [2.24, 2.45) is 0 Å². The number of amides is 1. The van der Waals surface area contributed by atoms with Crippen LogP contribution >= 0.6 is 0 Å². The van der Waals surface area contributed by atoms with Crippen LogP contribution < -0.4 is 23.8 Å². The molecule has 0 spiro atoms. The van der Waals surface area contributed by atoms with E-state index in [-0.39, 0.29) is 24.6 Å². The third kappa shape index (κ3) is 5.03. The van der Waals surface area contributed by atoms with Crippen molar-refractivity contribution in [3.05, 3.63) is 91.0 Å². The van der Waals surface area contributed by atoms with Crippen LogP contribution in [0.1, 0.15) is 0 Å². The molecule has 0 aliphatic carbocycles. The first-order valence-electron chi connectivity index (χ1n) is 11.8. The molecule has 1 amide bonds. The van der Waals surface area contributed by atoms with Gasteiger partial charge in [-0.1, -0.05) is 48.5 Å². The van der Waals surface area contributed by atoms with E-state index in [2.05, 4.69) is 5.32 Å². The van der Waals surface area contributed by atoms with E-state index in [0.717, 1.165) is 16.5 Å². The summed E-state index contributed by atoms with van der Waals surface area (Å²) >= 11 is 0. The lowest BCUT2D eigenvalue weighted by Crippen LogP contribution is -2.51. The number of hydrogen-bond donors (Lipinski definition) is 1. The Morgan fingerprint density at radius 2 is 1.70 bits per heavy atom. The number of fused-ring (bicyclic) bond motifs is 2. The lowest BCUT2D eigenvalue weighted by Gasteiger charge is -2.34. The fraction of sp³-hybridized carbons (Fsp3) is 0.179. The van der Waals surface area contributed by atoms with Gasteiger partial charge in [-0.3, -0.25) is 9.10 Å². The molecule has 0 fully saturated rings. The molecule has 0 radical (unpaired) electrons. The number of para-hydroxylation sites is 2. The molecule has 190 valence electrons. The van der Waals surface area contributed by atoms with Gasteiger partial charge in [-0.25, -0.2) is 8.42 Å². The van der Waals surface area contributed by atoms with E-state index in [1.165, 1.54) is 23.5 Å². The molecule has 4 aromatic carbocycles. The minimum absolute atomic E-state index is 0.0904. The number of rotatable bonds is 8. The lowest BCUT2D eigenvalue weighted by molar-refractivity contribution is -0.127. The van der Waals surface area contributed by atoms with Gasteiger partial charge in [-0.15, -0.1) is 0 Å². The summed E-state index contributed by atoms with van der Waals surface area (Å²) in [5.41, 5.74) is 0.377. The lowest BCUT2D eigenvalue weighted by atomic mass is 10.1. The van der Waals surface area contributed by atoms with Crippen molar-refractivity contribution >= 4 is 32.4 Å². The van der Waals surface area contributed by atoms with Crippen molar-refractivity contribution in [1.29, 1.82) is 0 Å². The Kier molecular flexibility index (Phi) is 6.87. The maximum Gasteiger partial charge on any atom is 0.264 e. The fourth-order valence-electron chi connectivity index (χ4n) is 4.21. The quantitative estimate of drug-likeness (QED) is 0.355. The number of nitrogens with one attached hydrogen (secondary N) is 1. The maximum absolute atomic E-state index is 13.5. The second kappa shape index (κ2) is 10.4. The van der Waals surface area contributed by atoms with E-state index in [4.69, 9.17) is 14.2 Å². The zero-order valence-electron chi connectivity index (χ0n) is 20.2. The van der Waals surface area contributed by atoms with Crippen molar-refractivity contribution in [2.75, 3.05) is 31.1 Å². The van der Waals surface area contributed by atoms with Crippen molar-refractivity contribution < 1.29 is 27.4 Å². The molecule has 5 rings (SSSR count). The van der Waals surface area contributed by atoms with Gasteiger partial charge >= 0.3 is 0 Å². The van der Waals surface area contributed by atoms with Crippen LogP contribution in [0, 0.1) is 0 Å². The zero-order valence-corrected chi connectivity index (χ0v) is 21.0. The molecule has 0 saturated carbocycles. The molecular formula is C28H26N2O6S. The molecule has 0 aromatic heterocycles. The normalized spacial score (nSPS) is 14.9. The average Bonchev–Trinajstić information content (AvgIpc) is 2.94. The second-order valence-electron chi connectivity index (χ2n) is 8.40. The van der Waals surface area contributed by atoms with Gasteiger partial charge < -0.3 is 19.5 Å². The highest BCUT2D eigenvalue weighted by Gasteiger charge is 2.37. The van der Waals surface area contributed by atoms with Gasteiger partial charge in [0.2, 0.25) is 0 Å². The Hall–Kier alpha value is -4.24. The third-order valence-corrected chi connectivity index (χ3v) is 7.88. The van der Waals surface area contributed by atoms with Crippen LogP contribution in [0.15, 0.2) is 95.9 Å². The summed E-state index contributed by atoms with van der Waals surface area (Å²) in [4.78, 5) is 13.1. The minimum Gasteiger partial charge on any atom is -0.497 e. The maximum atomic E-state index is 13.5. The molecule has 0 unspecified atom stereocenters. The van der Waals surface area contributed by atoms with E-state index >= 15 is 0 Å². The number of benzene rings is 4. The molecule has 8 nitrogen and oxygen atoms in total. The number of carbonyl (C=O) groups is 1. The summed E-state index contributed by atoms with van der Waals surface area (Å²) in [6, 6.07) is 26.6. The standard InChI is InChI=1S/C28H26N2O6S/c1-34-21-13-15-22(16-14-21)37(32,33)30-19-27(36-26-11-5-4-10-24(26)30)28(31)29-17-18-35-25-12-6-8-20-7-2-3-9-23(20)25/h2-16,27H,17-19H2,1H3,(H,29,31)/t27-/m1/s1. The second-order valence-corrected chi connectivity index (χ2v) is 10.3. The van der Waals surface area contributed by atoms with Crippen LogP contribution in [-0.4, -0.2) is 47.2 Å². The summed E-state index contributed by atoms with van der Waals surface area (Å²) in [5.74, 6) is 1.17. The Labute approximate surface area is 215 Å². The summed E-state index contributed by atoms with van der Waals surface area (Å²) < 4.78 is 45.2. The Morgan fingerprint density at radius 3 is 2.51 bits per heavy atom. The van der Waals surface area contributed by atoms with Crippen LogP contribution in [0.25, 0.3) is 10.8 Å². The number of ether oxygens (including phenoxy) is 3. The molecule has 1 heterocycles. The Balaban J connectivity index is 1.28. The predicted octanol–water partition coefficient (Wildman–Crippen LogP) is 4.00. The van der Waals surface area contributed by atoms with Gasteiger partial charge in [-0.2, -0.15) is 0 Å². The fourth-order valence-corrected chi connectivity index (χ4v) is 5.69. The van der Waals surface area contributed by atoms with Gasteiger partial charge in [0, 0.05) is 5.39 Å². The molecule has 1 aliphatic rings. The van der Waals surface area contributed by atoms with Crippen LogP contribution in [0.3, 0.4) is 0 Å². The largest absolute Gasteiger partial charge is 0.497 e. The molecule has 37 heavy (non-hydrogen) atoms. The Bertz CT molecular complexity index is 1520. The molecule has 9 heteroatoms. The highest BCUT2D eigenvalue weighted by Crippen LogP contribution is 2.37. The highest BCUT2D eigenvalue weighted by molar-refractivity contribution is 7.92. The number of nitrogens with zero attached hydrogens (tertiary/aromatic N) is 1. The summed E-state index contributed by atoms with van der Waals surface area (Å²) in [7, 11) is -2.44. The van der Waals surface area contributed by atoms with E-state index < -0.39 is 22.0 Å². The monoisotopic (exact) mass is 518 g/mol. The van der Waals surface area contributed by atoms with Crippen molar-refractivity contribution in [3.63, 3.8) is 0 Å². The molecule has 4 aromatic rings. The molecule has 0 saturated heterocycles. The summed E-state index contributed by atoms with van der Waals surface area (Å²) in [6.07, 6.45) is -1.03. The number of anilines is 1. The summed E-state index contributed by atoms with van der Waals surface area (Å²) in [6.45, 7) is 0.313. The minimum atomic E-state index is -3.96. The van der Waals surface area contributed by atoms with Crippen molar-refractivity contribution in [1.82, 2.24) is 5.32 Å². The first-order chi connectivity index (χ1) is 18.0. The first kappa shape index (κ1) is 24.5. The van der Waals surface area contributed by atoms with E-state index in [0.29, 0.717) is 17.2 Å². The number of methoxy groups -OCH3 is 1. The van der Waals surface area contributed by atoms with Gasteiger partial charge in [0.15, 0.2) is 6.10 Å². The van der Waals surface area contributed by atoms with Crippen LogP contribution in [0.4, 0.5) is 5.69 Å². The third-order valence-electron chi connectivity index (χ3n) is 6.08. The Morgan fingerprint density at radius 1 is 0.973 bits per heavy atom. The van der Waals surface area contributed by atoms with Crippen molar-refractivity contribution in [3.8, 4) is 17.2 Å². The number of sulfonamides is 1. The molecule has 0 bridgehead atoms. The molecule has 1 aliphatic heterocycles. The van der Waals surface area contributed by atoms with Crippen LogP contribution in [0.5, 0.6) is 17.2 Å². The predicted molar refractivity (Wildman–Crippen MR) is 141 cm³/mol. The van der Waals surface area contributed by atoms with E-state index in [1.54, 1.807) is 36.4 Å². The SMILES string of the molecule is COc1ccc(S(=O)(=O)N2C[C@H](C(=O)NCCOc3cccc4ccccc34)Oc3ccccc32)cc1. The highest BCUT2D eigenvalue weighted by atomic mass is 32.2. The molecular weight excluding hydrogens is 492 g/mol. The van der Waals surface area contributed by atoms with Crippen LogP contribution in [-0.2, 0) is 14.8 Å². The van der Waals surface area contributed by atoms with Gasteiger partial charge in [0.1, 0.15) is 23.9 Å². The van der Waals surface area contributed by atoms with Gasteiger partial charge in [0.05, 0.1) is 30.8 Å². The zero-order chi connectivity index (χ0) is 25.8. The van der Waals surface area contributed by atoms with E-state index in [9.17, 15) is 13.2 Å². The smallest absolute Gasteiger partial charge is 0.264 e. The van der Waals surface area contributed by atoms with Gasteiger partial charge in [0.25, 0.3) is 15.9 Å². The molecule has 1 atom stereocenters. The number of carbonyl (C=O) groups excluding carboxylic acids is 1. The number of hydrogen-bond acceptors (Lipinski definition) is 6. The van der Waals surface area contributed by atoms with E-state index in [1.807, 2.05) is 42.5 Å². The molecule has 1 N–H and O–H groups in total. The van der Waals surface area contributed by atoms with Gasteiger partial charge in [-0.05, 0) is 47.9 Å².